The Hall–Kier alpha value is -3.56. The summed E-state index contributed by atoms with van der Waals surface area (Å²) in [6, 6.07) is 19.2. The molecule has 0 aliphatic rings. The number of anilines is 1. The summed E-state index contributed by atoms with van der Waals surface area (Å²) in [6.45, 7) is 1.63. The van der Waals surface area contributed by atoms with Gasteiger partial charge in [-0.15, -0.1) is 0 Å². The molecule has 0 aliphatic carbocycles. The van der Waals surface area contributed by atoms with Crippen LogP contribution in [0.15, 0.2) is 71.6 Å². The molecule has 0 bridgehead atoms. The van der Waals surface area contributed by atoms with Crippen molar-refractivity contribution in [3.05, 3.63) is 77.9 Å². The standard InChI is InChI=1S/C26H30N2O6S/c1-19-10-12-23(32-2)22(16-19)27-26(29)18-28(15-14-20-8-6-5-7-9-20)35(30,31)21-11-13-24(33-3)25(17-21)34-4/h5-13,16-17H,14-15,18H2,1-4H3,(H,27,29). The lowest BCUT2D eigenvalue weighted by Gasteiger charge is -2.23. The van der Waals surface area contributed by atoms with Crippen molar-refractivity contribution >= 4 is 21.6 Å². The number of benzene rings is 3. The maximum atomic E-state index is 13.6. The van der Waals surface area contributed by atoms with Crippen LogP contribution in [0, 0.1) is 6.92 Å². The maximum Gasteiger partial charge on any atom is 0.243 e. The van der Waals surface area contributed by atoms with Crippen LogP contribution in [-0.2, 0) is 21.2 Å². The molecule has 0 radical (unpaired) electrons. The second-order valence-electron chi connectivity index (χ2n) is 7.84. The SMILES string of the molecule is COc1ccc(C)cc1NC(=O)CN(CCc1ccccc1)S(=O)(=O)c1ccc(OC)c(OC)c1. The van der Waals surface area contributed by atoms with Crippen LogP contribution in [0.4, 0.5) is 5.69 Å². The highest BCUT2D eigenvalue weighted by Crippen LogP contribution is 2.31. The Morgan fingerprint density at radius 1 is 0.857 bits per heavy atom. The van der Waals surface area contributed by atoms with Gasteiger partial charge in [-0.3, -0.25) is 4.79 Å². The van der Waals surface area contributed by atoms with Gasteiger partial charge in [0.2, 0.25) is 15.9 Å². The Bertz CT molecular complexity index is 1260. The predicted molar refractivity (Wildman–Crippen MR) is 135 cm³/mol. The molecule has 0 aromatic heterocycles. The summed E-state index contributed by atoms with van der Waals surface area (Å²) in [5.74, 6) is 0.700. The van der Waals surface area contributed by atoms with E-state index in [4.69, 9.17) is 14.2 Å². The van der Waals surface area contributed by atoms with Gasteiger partial charge in [0, 0.05) is 12.6 Å². The Morgan fingerprint density at radius 2 is 1.51 bits per heavy atom. The van der Waals surface area contributed by atoms with E-state index in [1.54, 1.807) is 12.1 Å². The van der Waals surface area contributed by atoms with E-state index in [1.807, 2.05) is 43.3 Å². The molecule has 9 heteroatoms. The zero-order valence-corrected chi connectivity index (χ0v) is 21.1. The molecule has 0 atom stereocenters. The summed E-state index contributed by atoms with van der Waals surface area (Å²) in [6.07, 6.45) is 0.439. The number of aryl methyl sites for hydroxylation is 1. The average Bonchev–Trinajstić information content (AvgIpc) is 2.86. The number of hydrogen-bond donors (Lipinski definition) is 1. The first-order valence-electron chi connectivity index (χ1n) is 11.0. The van der Waals surface area contributed by atoms with Crippen LogP contribution in [0.5, 0.6) is 17.2 Å². The maximum absolute atomic E-state index is 13.6. The van der Waals surface area contributed by atoms with Gasteiger partial charge < -0.3 is 19.5 Å². The summed E-state index contributed by atoms with van der Waals surface area (Å²) in [5.41, 5.74) is 2.37. The normalized spacial score (nSPS) is 11.2. The fourth-order valence-electron chi connectivity index (χ4n) is 3.58. The minimum atomic E-state index is -4.03. The summed E-state index contributed by atoms with van der Waals surface area (Å²) >= 11 is 0. The number of carbonyl (C=O) groups is 1. The van der Waals surface area contributed by atoms with Crippen LogP contribution >= 0.6 is 0 Å². The molecule has 0 unspecified atom stereocenters. The topological polar surface area (TPSA) is 94.2 Å². The molecule has 3 aromatic carbocycles. The van der Waals surface area contributed by atoms with Gasteiger partial charge in [-0.2, -0.15) is 4.31 Å². The Morgan fingerprint density at radius 3 is 2.17 bits per heavy atom. The molecule has 8 nitrogen and oxygen atoms in total. The van der Waals surface area contributed by atoms with E-state index in [-0.39, 0.29) is 23.7 Å². The van der Waals surface area contributed by atoms with Gasteiger partial charge in [0.1, 0.15) is 5.75 Å². The first-order valence-corrected chi connectivity index (χ1v) is 12.4. The molecule has 0 fully saturated rings. The largest absolute Gasteiger partial charge is 0.495 e. The fourth-order valence-corrected chi connectivity index (χ4v) is 4.99. The molecule has 1 amide bonds. The van der Waals surface area contributed by atoms with Gasteiger partial charge in [0.05, 0.1) is 38.5 Å². The Kier molecular flexibility index (Phi) is 8.73. The lowest BCUT2D eigenvalue weighted by molar-refractivity contribution is -0.116. The molecule has 0 spiro atoms. The third-order valence-electron chi connectivity index (χ3n) is 5.43. The van der Waals surface area contributed by atoms with Crippen molar-refractivity contribution in [2.24, 2.45) is 0 Å². The zero-order valence-electron chi connectivity index (χ0n) is 20.3. The monoisotopic (exact) mass is 498 g/mol. The first kappa shape index (κ1) is 26.1. The molecule has 35 heavy (non-hydrogen) atoms. The highest BCUT2D eigenvalue weighted by molar-refractivity contribution is 7.89. The molecule has 0 saturated carbocycles. The minimum Gasteiger partial charge on any atom is -0.495 e. The number of carbonyl (C=O) groups excluding carboxylic acids is 1. The average molecular weight is 499 g/mol. The number of methoxy groups -OCH3 is 3. The summed E-state index contributed by atoms with van der Waals surface area (Å²) in [5, 5.41) is 2.78. The highest BCUT2D eigenvalue weighted by Gasteiger charge is 2.28. The number of sulfonamides is 1. The van der Waals surface area contributed by atoms with E-state index in [0.29, 0.717) is 23.6 Å². The van der Waals surface area contributed by atoms with E-state index in [0.717, 1.165) is 11.1 Å². The molecule has 3 aromatic rings. The third-order valence-corrected chi connectivity index (χ3v) is 7.28. The van der Waals surface area contributed by atoms with Gasteiger partial charge in [-0.1, -0.05) is 36.4 Å². The predicted octanol–water partition coefficient (Wildman–Crippen LogP) is 3.89. The minimum absolute atomic E-state index is 0.00384. The van der Waals surface area contributed by atoms with Gasteiger partial charge in [0.25, 0.3) is 0 Å². The molecule has 0 heterocycles. The Labute approximate surface area is 206 Å². The van der Waals surface area contributed by atoms with Crippen LogP contribution < -0.4 is 19.5 Å². The molecule has 186 valence electrons. The number of nitrogens with zero attached hydrogens (tertiary/aromatic N) is 1. The van der Waals surface area contributed by atoms with Crippen molar-refractivity contribution in [1.29, 1.82) is 0 Å². The van der Waals surface area contributed by atoms with E-state index >= 15 is 0 Å². The number of rotatable bonds is 11. The summed E-state index contributed by atoms with van der Waals surface area (Å²) in [4.78, 5) is 13.0. The van der Waals surface area contributed by atoms with Crippen molar-refractivity contribution in [2.75, 3.05) is 39.7 Å². The van der Waals surface area contributed by atoms with Crippen LogP contribution in [0.25, 0.3) is 0 Å². The number of amides is 1. The van der Waals surface area contributed by atoms with Crippen molar-refractivity contribution in [3.8, 4) is 17.2 Å². The smallest absolute Gasteiger partial charge is 0.243 e. The molecule has 0 saturated heterocycles. The number of hydrogen-bond acceptors (Lipinski definition) is 6. The molecule has 3 rings (SSSR count). The van der Waals surface area contributed by atoms with Crippen molar-refractivity contribution in [1.82, 2.24) is 4.31 Å². The second kappa shape index (κ2) is 11.7. The fraction of sp³-hybridized carbons (Fsp3) is 0.269. The van der Waals surface area contributed by atoms with Crippen LogP contribution in [0.2, 0.25) is 0 Å². The molecular weight excluding hydrogens is 468 g/mol. The number of nitrogens with one attached hydrogen (secondary N) is 1. The number of ether oxygens (including phenoxy) is 3. The highest BCUT2D eigenvalue weighted by atomic mass is 32.2. The van der Waals surface area contributed by atoms with Gasteiger partial charge in [0.15, 0.2) is 11.5 Å². The van der Waals surface area contributed by atoms with Crippen molar-refractivity contribution in [2.45, 2.75) is 18.2 Å². The van der Waals surface area contributed by atoms with Crippen LogP contribution in [0.3, 0.4) is 0 Å². The zero-order chi connectivity index (χ0) is 25.4. The van der Waals surface area contributed by atoms with Crippen LogP contribution in [0.1, 0.15) is 11.1 Å². The summed E-state index contributed by atoms with van der Waals surface area (Å²) in [7, 11) is 0.383. The van der Waals surface area contributed by atoms with E-state index < -0.39 is 15.9 Å². The Balaban J connectivity index is 1.90. The van der Waals surface area contributed by atoms with Gasteiger partial charge in [-0.05, 0) is 48.7 Å². The lowest BCUT2D eigenvalue weighted by atomic mass is 10.1. The van der Waals surface area contributed by atoms with Gasteiger partial charge in [-0.25, -0.2) is 8.42 Å². The summed E-state index contributed by atoms with van der Waals surface area (Å²) < 4.78 is 44.2. The van der Waals surface area contributed by atoms with Gasteiger partial charge >= 0.3 is 0 Å². The molecule has 0 aliphatic heterocycles. The quantitative estimate of drug-likeness (QED) is 0.431. The van der Waals surface area contributed by atoms with E-state index in [2.05, 4.69) is 5.32 Å². The van der Waals surface area contributed by atoms with Crippen molar-refractivity contribution in [3.63, 3.8) is 0 Å². The van der Waals surface area contributed by atoms with E-state index in [1.165, 1.54) is 43.8 Å². The third kappa shape index (κ3) is 6.52. The lowest BCUT2D eigenvalue weighted by Crippen LogP contribution is -2.39. The van der Waals surface area contributed by atoms with Crippen molar-refractivity contribution < 1.29 is 27.4 Å². The molecular formula is C26H30N2O6S. The molecule has 1 N–H and O–H groups in total. The second-order valence-corrected chi connectivity index (χ2v) is 9.78. The first-order chi connectivity index (χ1) is 16.8. The van der Waals surface area contributed by atoms with Crippen LogP contribution in [-0.4, -0.2) is 53.0 Å². The van der Waals surface area contributed by atoms with E-state index in [9.17, 15) is 13.2 Å².